The van der Waals surface area contributed by atoms with E-state index in [0.29, 0.717) is 32.2 Å². The Balaban J connectivity index is 2.78. The normalized spacial score (nSPS) is 19.1. The van der Waals surface area contributed by atoms with Crippen molar-refractivity contribution < 1.29 is 24.0 Å². The molecule has 4 amide bonds. The van der Waals surface area contributed by atoms with Gasteiger partial charge in [-0.15, -0.1) is 6.58 Å². The molecule has 9 nitrogen and oxygen atoms in total. The van der Waals surface area contributed by atoms with E-state index in [9.17, 15) is 24.0 Å². The van der Waals surface area contributed by atoms with Crippen LogP contribution in [0.25, 0.3) is 0 Å². The Hall–Kier alpha value is -2.71. The van der Waals surface area contributed by atoms with Crippen molar-refractivity contribution in [1.29, 1.82) is 0 Å². The Bertz CT molecular complexity index is 836. The van der Waals surface area contributed by atoms with Gasteiger partial charge in [0.1, 0.15) is 0 Å². The Morgan fingerprint density at radius 3 is 2.26 bits per heavy atom. The zero-order chi connectivity index (χ0) is 29.4. The molecule has 1 rings (SSSR count). The summed E-state index contributed by atoms with van der Waals surface area (Å²) in [5.41, 5.74) is -0.426. The van der Waals surface area contributed by atoms with Crippen LogP contribution in [0.3, 0.4) is 0 Å². The van der Waals surface area contributed by atoms with E-state index in [1.165, 1.54) is 6.08 Å². The molecule has 0 aliphatic heterocycles. The van der Waals surface area contributed by atoms with Gasteiger partial charge in [0, 0.05) is 25.4 Å². The second-order valence-electron chi connectivity index (χ2n) is 11.9. The number of hydrogen-bond donors (Lipinski definition) is 4. The summed E-state index contributed by atoms with van der Waals surface area (Å²) < 4.78 is 0. The zero-order valence-electron chi connectivity index (χ0n) is 24.8. The molecule has 1 aliphatic rings. The summed E-state index contributed by atoms with van der Waals surface area (Å²) in [5.74, 6) is -1.65. The van der Waals surface area contributed by atoms with Gasteiger partial charge in [0.15, 0.2) is 5.78 Å². The molecule has 0 heterocycles. The van der Waals surface area contributed by atoms with Crippen LogP contribution in [-0.4, -0.2) is 54.6 Å². The molecule has 1 aliphatic carbocycles. The lowest BCUT2D eigenvalue weighted by Gasteiger charge is -2.31. The number of amides is 4. The van der Waals surface area contributed by atoms with Gasteiger partial charge in [-0.05, 0) is 49.9 Å². The first-order chi connectivity index (χ1) is 18.4. The first kappa shape index (κ1) is 34.3. The Labute approximate surface area is 235 Å². The van der Waals surface area contributed by atoms with E-state index >= 15 is 0 Å². The van der Waals surface area contributed by atoms with Crippen LogP contribution in [0.15, 0.2) is 12.7 Å². The second-order valence-corrected chi connectivity index (χ2v) is 11.9. The molecule has 9 heteroatoms. The maximum absolute atomic E-state index is 13.3. The summed E-state index contributed by atoms with van der Waals surface area (Å²) in [6.45, 7) is 14.1. The molecule has 1 saturated carbocycles. The third-order valence-corrected chi connectivity index (χ3v) is 7.31. The van der Waals surface area contributed by atoms with Gasteiger partial charge in [-0.3, -0.25) is 19.2 Å². The fraction of sp³-hybridized carbons (Fsp3) is 0.767. The monoisotopic (exact) mass is 548 g/mol. The molecule has 0 aromatic rings. The minimum atomic E-state index is -0.841. The average molecular weight is 549 g/mol. The van der Waals surface area contributed by atoms with Crippen molar-refractivity contribution in [3.8, 4) is 0 Å². The van der Waals surface area contributed by atoms with Crippen molar-refractivity contribution in [2.75, 3.05) is 13.1 Å². The zero-order valence-corrected chi connectivity index (χ0v) is 24.8. The van der Waals surface area contributed by atoms with Crippen LogP contribution in [0, 0.1) is 17.3 Å². The van der Waals surface area contributed by atoms with Gasteiger partial charge in [-0.1, -0.05) is 66.4 Å². The van der Waals surface area contributed by atoms with Gasteiger partial charge in [0.25, 0.3) is 5.91 Å². The highest BCUT2D eigenvalue weighted by atomic mass is 16.2. The number of urea groups is 1. The molecule has 0 saturated heterocycles. The van der Waals surface area contributed by atoms with Crippen LogP contribution in [0.5, 0.6) is 0 Å². The number of Topliss-reactive ketones (excluding diaryl/α,β-unsaturated/α-hetero) is 2. The first-order valence-corrected chi connectivity index (χ1v) is 14.7. The van der Waals surface area contributed by atoms with Gasteiger partial charge in [-0.2, -0.15) is 0 Å². The van der Waals surface area contributed by atoms with E-state index in [2.05, 4.69) is 34.8 Å². The molecule has 2 unspecified atom stereocenters. The molecule has 1 fully saturated rings. The van der Waals surface area contributed by atoms with E-state index in [-0.39, 0.29) is 36.1 Å². The van der Waals surface area contributed by atoms with Crippen molar-refractivity contribution >= 4 is 29.4 Å². The molecule has 222 valence electrons. The number of carbonyl (C=O) groups excluding carboxylic acids is 5. The average Bonchev–Trinajstić information content (AvgIpc) is 3.13. The highest BCUT2D eigenvalue weighted by Crippen LogP contribution is 2.31. The van der Waals surface area contributed by atoms with Crippen molar-refractivity contribution in [3.63, 3.8) is 0 Å². The maximum atomic E-state index is 13.3. The Morgan fingerprint density at radius 2 is 1.64 bits per heavy atom. The molecule has 0 aromatic heterocycles. The quantitative estimate of drug-likeness (QED) is 0.0993. The molecule has 0 radical (unpaired) electrons. The number of unbranched alkanes of at least 4 members (excludes halogenated alkanes) is 2. The third-order valence-electron chi connectivity index (χ3n) is 7.31. The van der Waals surface area contributed by atoms with Crippen molar-refractivity contribution in [2.24, 2.45) is 17.3 Å². The predicted molar refractivity (Wildman–Crippen MR) is 154 cm³/mol. The molecule has 0 aromatic carbocycles. The van der Waals surface area contributed by atoms with Gasteiger partial charge >= 0.3 is 6.03 Å². The van der Waals surface area contributed by atoms with Crippen LogP contribution in [0.1, 0.15) is 105 Å². The SMILES string of the molecule is C=CCNC(=O)C(=O)C(CCCCC)NC(=O)[C@@H]1CCCC(CC(=O)[C@@H](NC(=O)NCCC)C(C)(C)C)CC1. The Morgan fingerprint density at radius 1 is 0.923 bits per heavy atom. The largest absolute Gasteiger partial charge is 0.346 e. The molecular weight excluding hydrogens is 496 g/mol. The highest BCUT2D eigenvalue weighted by Gasteiger charge is 2.35. The minimum absolute atomic E-state index is 0.00849. The van der Waals surface area contributed by atoms with E-state index in [0.717, 1.165) is 44.9 Å². The van der Waals surface area contributed by atoms with Crippen LogP contribution in [-0.2, 0) is 19.2 Å². The summed E-state index contributed by atoms with van der Waals surface area (Å²) in [7, 11) is 0. The summed E-state index contributed by atoms with van der Waals surface area (Å²) in [4.78, 5) is 63.7. The van der Waals surface area contributed by atoms with E-state index in [4.69, 9.17) is 0 Å². The summed E-state index contributed by atoms with van der Waals surface area (Å²) in [5, 5.41) is 11.0. The lowest BCUT2D eigenvalue weighted by molar-refractivity contribution is -0.140. The summed E-state index contributed by atoms with van der Waals surface area (Å²) in [6.07, 6.45) is 9.37. The van der Waals surface area contributed by atoms with Gasteiger partial charge in [0.05, 0.1) is 12.1 Å². The second kappa shape index (κ2) is 17.8. The molecule has 0 spiro atoms. The van der Waals surface area contributed by atoms with Crippen molar-refractivity contribution in [2.45, 2.75) is 117 Å². The van der Waals surface area contributed by atoms with Crippen LogP contribution in [0.2, 0.25) is 0 Å². The fourth-order valence-corrected chi connectivity index (χ4v) is 5.01. The number of rotatable bonds is 16. The van der Waals surface area contributed by atoms with E-state index < -0.39 is 29.2 Å². The van der Waals surface area contributed by atoms with Gasteiger partial charge < -0.3 is 21.3 Å². The maximum Gasteiger partial charge on any atom is 0.315 e. The molecule has 0 bridgehead atoms. The van der Waals surface area contributed by atoms with Crippen LogP contribution < -0.4 is 21.3 Å². The summed E-state index contributed by atoms with van der Waals surface area (Å²) >= 11 is 0. The van der Waals surface area contributed by atoms with Gasteiger partial charge in [-0.25, -0.2) is 4.79 Å². The molecule has 4 atom stereocenters. The van der Waals surface area contributed by atoms with Gasteiger partial charge in [0.2, 0.25) is 11.7 Å². The Kier molecular flexibility index (Phi) is 15.7. The summed E-state index contributed by atoms with van der Waals surface area (Å²) in [6, 6.07) is -1.77. The number of hydrogen-bond acceptors (Lipinski definition) is 5. The van der Waals surface area contributed by atoms with E-state index in [1.807, 2.05) is 27.7 Å². The van der Waals surface area contributed by atoms with Crippen LogP contribution in [0.4, 0.5) is 4.79 Å². The fourth-order valence-electron chi connectivity index (χ4n) is 5.01. The number of ketones is 2. The lowest BCUT2D eigenvalue weighted by atomic mass is 9.80. The van der Waals surface area contributed by atoms with E-state index in [1.54, 1.807) is 0 Å². The number of nitrogens with one attached hydrogen (secondary N) is 4. The minimum Gasteiger partial charge on any atom is -0.346 e. The lowest BCUT2D eigenvalue weighted by Crippen LogP contribution is -2.52. The smallest absolute Gasteiger partial charge is 0.315 e. The molecule has 39 heavy (non-hydrogen) atoms. The topological polar surface area (TPSA) is 133 Å². The third kappa shape index (κ3) is 12.8. The van der Waals surface area contributed by atoms with Crippen molar-refractivity contribution in [1.82, 2.24) is 21.3 Å². The molecular formula is C30H52N4O5. The van der Waals surface area contributed by atoms with Crippen LogP contribution >= 0.6 is 0 Å². The predicted octanol–water partition coefficient (Wildman–Crippen LogP) is 4.20. The standard InChI is InChI=1S/C30H52N4O5/c1-7-10-11-15-23(25(36)28(38)31-18-8-2)33-27(37)22-14-12-13-21(16-17-22)20-24(35)26(30(4,5)6)34-29(39)32-19-9-3/h8,21-23,26H,2,7,9-20H2,1,3-6H3,(H,31,38)(H,33,37)(H2,32,34,39)/t21?,22-,23?,26-/m1/s1. The molecule has 4 N–H and O–H groups in total. The van der Waals surface area contributed by atoms with Crippen molar-refractivity contribution in [3.05, 3.63) is 12.7 Å². The highest BCUT2D eigenvalue weighted by molar-refractivity contribution is 6.38. The number of carbonyl (C=O) groups is 5. The first-order valence-electron chi connectivity index (χ1n) is 14.7.